The SMILES string of the molecule is CC(C)C1(c2cccc(Cl)c2Cl)CCCCCN1. The van der Waals surface area contributed by atoms with Gasteiger partial charge in [-0.1, -0.05) is 62.0 Å². The minimum atomic E-state index is -0.0293. The third-order valence-electron chi connectivity index (χ3n) is 4.11. The van der Waals surface area contributed by atoms with Gasteiger partial charge in [0.25, 0.3) is 0 Å². The van der Waals surface area contributed by atoms with Gasteiger partial charge in [0.1, 0.15) is 0 Å². The molecule has 1 saturated heterocycles. The van der Waals surface area contributed by atoms with Crippen molar-refractivity contribution in [2.45, 2.75) is 45.1 Å². The predicted molar refractivity (Wildman–Crippen MR) is 79.4 cm³/mol. The van der Waals surface area contributed by atoms with Gasteiger partial charge in [-0.25, -0.2) is 0 Å². The molecule has 0 bridgehead atoms. The van der Waals surface area contributed by atoms with Crippen LogP contribution in [0.5, 0.6) is 0 Å². The van der Waals surface area contributed by atoms with Crippen molar-refractivity contribution in [3.63, 3.8) is 0 Å². The van der Waals surface area contributed by atoms with Crippen LogP contribution in [0, 0.1) is 5.92 Å². The smallest absolute Gasteiger partial charge is 0.0643 e. The van der Waals surface area contributed by atoms with E-state index in [1.54, 1.807) is 0 Å². The van der Waals surface area contributed by atoms with Gasteiger partial charge in [-0.2, -0.15) is 0 Å². The lowest BCUT2D eigenvalue weighted by Crippen LogP contribution is -2.46. The second-order valence-electron chi connectivity index (χ2n) is 5.46. The molecule has 1 fully saturated rings. The highest BCUT2D eigenvalue weighted by molar-refractivity contribution is 6.42. The molecule has 3 heteroatoms. The summed E-state index contributed by atoms with van der Waals surface area (Å²) in [4.78, 5) is 0. The van der Waals surface area contributed by atoms with Crippen LogP contribution in [0.2, 0.25) is 10.0 Å². The normalized spacial score (nSPS) is 25.2. The molecule has 2 rings (SSSR count). The molecule has 1 aromatic rings. The zero-order valence-electron chi connectivity index (χ0n) is 11.1. The number of hydrogen-bond donors (Lipinski definition) is 1. The van der Waals surface area contributed by atoms with Crippen LogP contribution in [0.3, 0.4) is 0 Å². The van der Waals surface area contributed by atoms with Gasteiger partial charge in [-0.3, -0.25) is 0 Å². The molecule has 18 heavy (non-hydrogen) atoms. The van der Waals surface area contributed by atoms with E-state index >= 15 is 0 Å². The van der Waals surface area contributed by atoms with Crippen molar-refractivity contribution in [2.24, 2.45) is 5.92 Å². The molecule has 0 radical (unpaired) electrons. The Kier molecular flexibility index (Phi) is 4.58. The quantitative estimate of drug-likeness (QED) is 0.806. The van der Waals surface area contributed by atoms with E-state index in [1.165, 1.54) is 19.3 Å². The zero-order valence-corrected chi connectivity index (χ0v) is 12.6. The van der Waals surface area contributed by atoms with E-state index in [9.17, 15) is 0 Å². The van der Waals surface area contributed by atoms with Crippen LogP contribution in [0.1, 0.15) is 45.1 Å². The van der Waals surface area contributed by atoms with Crippen LogP contribution >= 0.6 is 23.2 Å². The summed E-state index contributed by atoms with van der Waals surface area (Å²) in [5, 5.41) is 5.10. The van der Waals surface area contributed by atoms with Crippen LogP contribution < -0.4 is 5.32 Å². The molecule has 1 heterocycles. The number of rotatable bonds is 2. The van der Waals surface area contributed by atoms with Crippen molar-refractivity contribution in [3.05, 3.63) is 33.8 Å². The van der Waals surface area contributed by atoms with Crippen LogP contribution in [0.4, 0.5) is 0 Å². The lowest BCUT2D eigenvalue weighted by molar-refractivity contribution is 0.231. The molecule has 0 aromatic heterocycles. The first-order valence-electron chi connectivity index (χ1n) is 6.77. The summed E-state index contributed by atoms with van der Waals surface area (Å²) < 4.78 is 0. The average molecular weight is 286 g/mol. The maximum absolute atomic E-state index is 6.44. The summed E-state index contributed by atoms with van der Waals surface area (Å²) in [6, 6.07) is 5.98. The molecule has 1 unspecified atom stereocenters. The molecule has 0 aliphatic carbocycles. The number of hydrogen-bond acceptors (Lipinski definition) is 1. The Labute approximate surface area is 120 Å². The Morgan fingerprint density at radius 3 is 2.67 bits per heavy atom. The van der Waals surface area contributed by atoms with Crippen molar-refractivity contribution in [1.29, 1.82) is 0 Å². The fraction of sp³-hybridized carbons (Fsp3) is 0.600. The molecule has 100 valence electrons. The predicted octanol–water partition coefficient (Wildman–Crippen LogP) is 5.01. The average Bonchev–Trinajstić information content (AvgIpc) is 2.59. The Morgan fingerprint density at radius 1 is 1.17 bits per heavy atom. The van der Waals surface area contributed by atoms with E-state index in [-0.39, 0.29) is 5.54 Å². The highest BCUT2D eigenvalue weighted by atomic mass is 35.5. The third kappa shape index (κ3) is 2.54. The van der Waals surface area contributed by atoms with Gasteiger partial charge in [-0.05, 0) is 36.9 Å². The van der Waals surface area contributed by atoms with E-state index in [0.717, 1.165) is 18.5 Å². The highest BCUT2D eigenvalue weighted by Crippen LogP contribution is 2.41. The van der Waals surface area contributed by atoms with Gasteiger partial charge in [0.15, 0.2) is 0 Å². The lowest BCUT2D eigenvalue weighted by Gasteiger charge is -2.39. The van der Waals surface area contributed by atoms with Crippen molar-refractivity contribution >= 4 is 23.2 Å². The Morgan fingerprint density at radius 2 is 1.94 bits per heavy atom. The molecule has 1 aliphatic heterocycles. The van der Waals surface area contributed by atoms with Crippen LogP contribution in [0.15, 0.2) is 18.2 Å². The summed E-state index contributed by atoms with van der Waals surface area (Å²) in [5.41, 5.74) is 1.13. The van der Waals surface area contributed by atoms with Crippen molar-refractivity contribution in [1.82, 2.24) is 5.32 Å². The summed E-state index contributed by atoms with van der Waals surface area (Å²) in [6.07, 6.45) is 4.91. The second kappa shape index (κ2) is 5.81. The van der Waals surface area contributed by atoms with Gasteiger partial charge in [0.05, 0.1) is 10.0 Å². The van der Waals surface area contributed by atoms with Gasteiger partial charge >= 0.3 is 0 Å². The molecular formula is C15H21Cl2N. The standard InChI is InChI=1S/C15H21Cl2N/c1-11(2)15(9-4-3-5-10-18-15)12-7-6-8-13(16)14(12)17/h6-8,11,18H,3-5,9-10H2,1-2H3. The molecule has 0 spiro atoms. The van der Waals surface area contributed by atoms with Crippen molar-refractivity contribution in [2.75, 3.05) is 6.54 Å². The molecule has 1 aliphatic rings. The van der Waals surface area contributed by atoms with Gasteiger partial charge < -0.3 is 5.32 Å². The highest BCUT2D eigenvalue weighted by Gasteiger charge is 2.37. The van der Waals surface area contributed by atoms with Crippen molar-refractivity contribution < 1.29 is 0 Å². The Bertz CT molecular complexity index is 407. The Balaban J connectivity index is 2.49. The molecule has 1 aromatic carbocycles. The minimum Gasteiger partial charge on any atom is -0.307 e. The van der Waals surface area contributed by atoms with Gasteiger partial charge in [0.2, 0.25) is 0 Å². The van der Waals surface area contributed by atoms with E-state index < -0.39 is 0 Å². The maximum atomic E-state index is 6.44. The summed E-state index contributed by atoms with van der Waals surface area (Å²) >= 11 is 12.6. The third-order valence-corrected chi connectivity index (χ3v) is 4.93. The fourth-order valence-electron chi connectivity index (χ4n) is 2.99. The monoisotopic (exact) mass is 285 g/mol. The topological polar surface area (TPSA) is 12.0 Å². The van der Waals surface area contributed by atoms with Crippen molar-refractivity contribution in [3.8, 4) is 0 Å². The first-order valence-corrected chi connectivity index (χ1v) is 7.53. The van der Waals surface area contributed by atoms with Crippen LogP contribution in [-0.2, 0) is 5.54 Å². The zero-order chi connectivity index (χ0) is 13.2. The van der Waals surface area contributed by atoms with Gasteiger partial charge in [0, 0.05) is 5.54 Å². The fourth-order valence-corrected chi connectivity index (χ4v) is 3.46. The molecule has 0 saturated carbocycles. The van der Waals surface area contributed by atoms with E-state index in [4.69, 9.17) is 23.2 Å². The van der Waals surface area contributed by atoms with E-state index in [1.807, 2.05) is 12.1 Å². The maximum Gasteiger partial charge on any atom is 0.0643 e. The second-order valence-corrected chi connectivity index (χ2v) is 6.25. The van der Waals surface area contributed by atoms with Gasteiger partial charge in [-0.15, -0.1) is 0 Å². The lowest BCUT2D eigenvalue weighted by atomic mass is 9.76. The molecule has 1 N–H and O–H groups in total. The first-order chi connectivity index (χ1) is 8.58. The summed E-state index contributed by atoms with van der Waals surface area (Å²) in [7, 11) is 0. The first kappa shape index (κ1) is 14.2. The molecule has 0 amide bonds. The summed E-state index contributed by atoms with van der Waals surface area (Å²) in [6.45, 7) is 5.58. The minimum absolute atomic E-state index is 0.0293. The van der Waals surface area contributed by atoms with Crippen LogP contribution in [-0.4, -0.2) is 6.54 Å². The molecule has 1 atom stereocenters. The van der Waals surface area contributed by atoms with Crippen LogP contribution in [0.25, 0.3) is 0 Å². The largest absolute Gasteiger partial charge is 0.307 e. The number of benzene rings is 1. The molecule has 1 nitrogen and oxygen atoms in total. The van der Waals surface area contributed by atoms with E-state index in [0.29, 0.717) is 16.0 Å². The number of halogens is 2. The summed E-state index contributed by atoms with van der Waals surface area (Å²) in [5.74, 6) is 0.492. The Hall–Kier alpha value is -0.240. The number of nitrogens with one attached hydrogen (secondary N) is 1. The van der Waals surface area contributed by atoms with E-state index in [2.05, 4.69) is 25.2 Å². The molecular weight excluding hydrogens is 265 g/mol.